The summed E-state index contributed by atoms with van der Waals surface area (Å²) in [6, 6.07) is 0. The van der Waals surface area contributed by atoms with Crippen molar-refractivity contribution in [2.45, 2.75) is 52.4 Å². The second-order valence-corrected chi connectivity index (χ2v) is 3.70. The molecule has 0 aliphatic carbocycles. The van der Waals surface area contributed by atoms with Gasteiger partial charge in [-0.25, -0.2) is 0 Å². The molecular formula is C13H23NO. The lowest BCUT2D eigenvalue weighted by atomic mass is 10.1. The highest BCUT2D eigenvalue weighted by molar-refractivity contribution is 5.73. The standard InChI is InChI=1S/C13H23NO/c1-3-5-9-12(4-2)10-7-6-8-11-13(14)15/h4-5,9H,3,6-8,10-11H2,1-2H3,(H2,14,15)/b9-5-,12-4+. The van der Waals surface area contributed by atoms with Crippen molar-refractivity contribution in [3.63, 3.8) is 0 Å². The van der Waals surface area contributed by atoms with Crippen LogP contribution in [0.25, 0.3) is 0 Å². The Bertz CT molecular complexity index is 229. The van der Waals surface area contributed by atoms with Crippen molar-refractivity contribution >= 4 is 5.91 Å². The minimum Gasteiger partial charge on any atom is -0.370 e. The van der Waals surface area contributed by atoms with E-state index in [2.05, 4.69) is 32.1 Å². The number of allylic oxidation sites excluding steroid dienone is 4. The zero-order valence-electron chi connectivity index (χ0n) is 9.96. The maximum Gasteiger partial charge on any atom is 0.217 e. The van der Waals surface area contributed by atoms with E-state index < -0.39 is 0 Å². The van der Waals surface area contributed by atoms with E-state index in [1.54, 1.807) is 0 Å². The Kier molecular flexibility index (Phi) is 8.84. The van der Waals surface area contributed by atoms with Crippen LogP contribution in [0.4, 0.5) is 0 Å². The Hall–Kier alpha value is -1.05. The van der Waals surface area contributed by atoms with Crippen LogP contribution in [0, 0.1) is 0 Å². The predicted molar refractivity (Wildman–Crippen MR) is 65.5 cm³/mol. The molecule has 0 heterocycles. The molecule has 0 aromatic carbocycles. The molecule has 0 radical (unpaired) electrons. The fraction of sp³-hybridized carbons (Fsp3) is 0.615. The minimum absolute atomic E-state index is 0.188. The van der Waals surface area contributed by atoms with Crippen molar-refractivity contribution in [3.8, 4) is 0 Å². The molecule has 0 bridgehead atoms. The van der Waals surface area contributed by atoms with Crippen molar-refractivity contribution in [2.24, 2.45) is 5.73 Å². The molecule has 0 saturated carbocycles. The summed E-state index contributed by atoms with van der Waals surface area (Å²) in [4.78, 5) is 10.5. The van der Waals surface area contributed by atoms with Crippen LogP contribution in [0.3, 0.4) is 0 Å². The number of rotatable bonds is 8. The third-order valence-corrected chi connectivity index (χ3v) is 2.33. The number of amides is 1. The summed E-state index contributed by atoms with van der Waals surface area (Å²) in [5, 5.41) is 0. The van der Waals surface area contributed by atoms with Gasteiger partial charge in [-0.05, 0) is 32.6 Å². The molecule has 0 spiro atoms. The second-order valence-electron chi connectivity index (χ2n) is 3.70. The van der Waals surface area contributed by atoms with Crippen LogP contribution < -0.4 is 5.73 Å². The van der Waals surface area contributed by atoms with Gasteiger partial charge < -0.3 is 5.73 Å². The van der Waals surface area contributed by atoms with Gasteiger partial charge in [0.2, 0.25) is 5.91 Å². The van der Waals surface area contributed by atoms with Crippen LogP contribution in [0.2, 0.25) is 0 Å². The van der Waals surface area contributed by atoms with E-state index in [9.17, 15) is 4.79 Å². The minimum atomic E-state index is -0.188. The zero-order chi connectivity index (χ0) is 11.5. The van der Waals surface area contributed by atoms with E-state index >= 15 is 0 Å². The number of hydrogen-bond acceptors (Lipinski definition) is 1. The van der Waals surface area contributed by atoms with Gasteiger partial charge in [-0.1, -0.05) is 37.1 Å². The maximum atomic E-state index is 10.5. The van der Waals surface area contributed by atoms with E-state index in [-0.39, 0.29) is 5.91 Å². The molecule has 1 amide bonds. The number of carbonyl (C=O) groups is 1. The summed E-state index contributed by atoms with van der Waals surface area (Å²) in [6.07, 6.45) is 12.4. The molecule has 86 valence electrons. The molecule has 0 fully saturated rings. The Morgan fingerprint density at radius 2 is 1.87 bits per heavy atom. The molecule has 0 saturated heterocycles. The molecule has 15 heavy (non-hydrogen) atoms. The van der Waals surface area contributed by atoms with Gasteiger partial charge in [0.1, 0.15) is 0 Å². The molecule has 2 heteroatoms. The van der Waals surface area contributed by atoms with E-state index in [1.165, 1.54) is 5.57 Å². The first-order valence-electron chi connectivity index (χ1n) is 5.80. The first kappa shape index (κ1) is 13.9. The monoisotopic (exact) mass is 209 g/mol. The van der Waals surface area contributed by atoms with Crippen LogP contribution >= 0.6 is 0 Å². The zero-order valence-corrected chi connectivity index (χ0v) is 9.96. The van der Waals surface area contributed by atoms with Gasteiger partial charge in [0, 0.05) is 6.42 Å². The van der Waals surface area contributed by atoms with Crippen molar-refractivity contribution in [1.29, 1.82) is 0 Å². The van der Waals surface area contributed by atoms with Gasteiger partial charge in [-0.3, -0.25) is 4.79 Å². The molecular weight excluding hydrogens is 186 g/mol. The number of primary amides is 1. The highest BCUT2D eigenvalue weighted by Gasteiger charge is 1.95. The molecule has 0 aromatic rings. The van der Waals surface area contributed by atoms with E-state index in [1.807, 2.05) is 0 Å². The average molecular weight is 209 g/mol. The molecule has 2 nitrogen and oxygen atoms in total. The lowest BCUT2D eigenvalue weighted by Gasteiger charge is -2.01. The fourth-order valence-electron chi connectivity index (χ4n) is 1.40. The highest BCUT2D eigenvalue weighted by atomic mass is 16.1. The average Bonchev–Trinajstić information content (AvgIpc) is 2.21. The van der Waals surface area contributed by atoms with E-state index in [0.29, 0.717) is 6.42 Å². The second kappa shape index (κ2) is 9.50. The molecule has 0 atom stereocenters. The number of unbranched alkanes of at least 4 members (excludes halogenated alkanes) is 2. The summed E-state index contributed by atoms with van der Waals surface area (Å²) < 4.78 is 0. The van der Waals surface area contributed by atoms with Crippen LogP contribution in [0.15, 0.2) is 23.8 Å². The number of carbonyl (C=O) groups excluding carboxylic acids is 1. The summed E-state index contributed by atoms with van der Waals surface area (Å²) >= 11 is 0. The Balaban J connectivity index is 3.56. The topological polar surface area (TPSA) is 43.1 Å². The van der Waals surface area contributed by atoms with Gasteiger partial charge in [-0.15, -0.1) is 0 Å². The Morgan fingerprint density at radius 1 is 1.20 bits per heavy atom. The van der Waals surface area contributed by atoms with E-state index in [0.717, 1.165) is 32.1 Å². The molecule has 0 aromatic heterocycles. The Labute approximate surface area is 93.2 Å². The summed E-state index contributed by atoms with van der Waals surface area (Å²) in [5.74, 6) is -0.188. The lowest BCUT2D eigenvalue weighted by molar-refractivity contribution is -0.118. The van der Waals surface area contributed by atoms with Gasteiger partial charge in [0.15, 0.2) is 0 Å². The molecule has 0 rings (SSSR count). The van der Waals surface area contributed by atoms with Crippen LogP contribution in [0.1, 0.15) is 52.4 Å². The quantitative estimate of drug-likeness (QED) is 0.483. The predicted octanol–water partition coefficient (Wildman–Crippen LogP) is 3.33. The first-order chi connectivity index (χ1) is 7.20. The number of nitrogens with two attached hydrogens (primary N) is 1. The van der Waals surface area contributed by atoms with Crippen molar-refractivity contribution in [1.82, 2.24) is 0 Å². The van der Waals surface area contributed by atoms with Crippen LogP contribution in [0.5, 0.6) is 0 Å². The molecule has 2 N–H and O–H groups in total. The number of hydrogen-bond donors (Lipinski definition) is 1. The Morgan fingerprint density at radius 3 is 2.40 bits per heavy atom. The van der Waals surface area contributed by atoms with Crippen LogP contribution in [-0.2, 0) is 4.79 Å². The van der Waals surface area contributed by atoms with E-state index in [4.69, 9.17) is 5.73 Å². The SMILES string of the molecule is C/C=C(\C=C/CC)CCCCCC(N)=O. The summed E-state index contributed by atoms with van der Waals surface area (Å²) in [6.45, 7) is 4.20. The van der Waals surface area contributed by atoms with Gasteiger partial charge in [0.25, 0.3) is 0 Å². The maximum absolute atomic E-state index is 10.5. The van der Waals surface area contributed by atoms with Crippen molar-refractivity contribution < 1.29 is 4.79 Å². The smallest absolute Gasteiger partial charge is 0.217 e. The lowest BCUT2D eigenvalue weighted by Crippen LogP contribution is -2.09. The van der Waals surface area contributed by atoms with Gasteiger partial charge >= 0.3 is 0 Å². The largest absolute Gasteiger partial charge is 0.370 e. The molecule has 0 aliphatic heterocycles. The normalized spacial score (nSPS) is 12.3. The third-order valence-electron chi connectivity index (χ3n) is 2.33. The molecule has 0 unspecified atom stereocenters. The van der Waals surface area contributed by atoms with Crippen molar-refractivity contribution in [3.05, 3.63) is 23.8 Å². The summed E-state index contributed by atoms with van der Waals surface area (Å²) in [7, 11) is 0. The van der Waals surface area contributed by atoms with Crippen LogP contribution in [-0.4, -0.2) is 5.91 Å². The third kappa shape index (κ3) is 9.26. The highest BCUT2D eigenvalue weighted by Crippen LogP contribution is 2.11. The van der Waals surface area contributed by atoms with Gasteiger partial charge in [0.05, 0.1) is 0 Å². The van der Waals surface area contributed by atoms with Gasteiger partial charge in [-0.2, -0.15) is 0 Å². The van der Waals surface area contributed by atoms with Crippen molar-refractivity contribution in [2.75, 3.05) is 0 Å². The fourth-order valence-corrected chi connectivity index (χ4v) is 1.40. The molecule has 0 aliphatic rings. The summed E-state index contributed by atoms with van der Waals surface area (Å²) in [5.41, 5.74) is 6.45. The first-order valence-corrected chi connectivity index (χ1v) is 5.80.